The number of likely N-dealkylation sites (tertiary alicyclic amines) is 1. The third kappa shape index (κ3) is 2.48. The summed E-state index contributed by atoms with van der Waals surface area (Å²) in [5.41, 5.74) is 1.75. The van der Waals surface area contributed by atoms with E-state index in [4.69, 9.17) is 4.74 Å². The summed E-state index contributed by atoms with van der Waals surface area (Å²) in [6.45, 7) is 1.27. The van der Waals surface area contributed by atoms with Gasteiger partial charge >= 0.3 is 0 Å². The second kappa shape index (κ2) is 5.15. The van der Waals surface area contributed by atoms with Gasteiger partial charge in [0.2, 0.25) is 5.91 Å². The molecule has 5 nitrogen and oxygen atoms in total. The van der Waals surface area contributed by atoms with E-state index in [-0.39, 0.29) is 17.9 Å². The number of nitrogens with zero attached hydrogens (tertiary/aromatic N) is 1. The van der Waals surface area contributed by atoms with Gasteiger partial charge in [0.25, 0.3) is 5.91 Å². The Morgan fingerprint density at radius 1 is 1.40 bits per heavy atom. The van der Waals surface area contributed by atoms with Gasteiger partial charge in [-0.15, -0.1) is 0 Å². The number of benzene rings is 1. The molecule has 0 bridgehead atoms. The molecule has 2 aliphatic heterocycles. The van der Waals surface area contributed by atoms with Crippen LogP contribution in [0.25, 0.3) is 0 Å². The van der Waals surface area contributed by atoms with Crippen molar-refractivity contribution in [2.24, 2.45) is 0 Å². The van der Waals surface area contributed by atoms with Crippen molar-refractivity contribution in [3.63, 3.8) is 0 Å². The fourth-order valence-corrected chi connectivity index (χ4v) is 2.73. The van der Waals surface area contributed by atoms with E-state index < -0.39 is 0 Å². The van der Waals surface area contributed by atoms with Crippen LogP contribution in [-0.4, -0.2) is 43.0 Å². The average Bonchev–Trinajstić information content (AvgIpc) is 2.90. The zero-order valence-corrected chi connectivity index (χ0v) is 11.5. The molecule has 1 saturated heterocycles. The van der Waals surface area contributed by atoms with Crippen LogP contribution in [-0.2, 0) is 11.2 Å². The molecule has 5 heteroatoms. The van der Waals surface area contributed by atoms with Crippen LogP contribution in [0.15, 0.2) is 18.2 Å². The van der Waals surface area contributed by atoms with Gasteiger partial charge in [-0.05, 0) is 30.2 Å². The van der Waals surface area contributed by atoms with Crippen molar-refractivity contribution >= 4 is 11.8 Å². The Morgan fingerprint density at radius 3 is 3.05 bits per heavy atom. The zero-order valence-electron chi connectivity index (χ0n) is 11.5. The van der Waals surface area contributed by atoms with Crippen molar-refractivity contribution in [3.8, 4) is 5.75 Å². The summed E-state index contributed by atoms with van der Waals surface area (Å²) in [5.74, 6) is 0.946. The predicted molar refractivity (Wildman–Crippen MR) is 73.8 cm³/mol. The number of amides is 2. The minimum absolute atomic E-state index is 0.0368. The van der Waals surface area contributed by atoms with E-state index in [2.05, 4.69) is 5.32 Å². The maximum absolute atomic E-state index is 12.2. The molecule has 0 aromatic heterocycles. The zero-order chi connectivity index (χ0) is 14.1. The highest BCUT2D eigenvalue weighted by Gasteiger charge is 2.24. The first-order valence-corrected chi connectivity index (χ1v) is 6.94. The summed E-state index contributed by atoms with van der Waals surface area (Å²) in [6, 6.07) is 5.58. The van der Waals surface area contributed by atoms with E-state index in [9.17, 15) is 9.59 Å². The molecule has 2 amide bonds. The first kappa shape index (κ1) is 13.0. The summed E-state index contributed by atoms with van der Waals surface area (Å²) in [4.78, 5) is 25.3. The molecule has 2 aliphatic rings. The Hall–Kier alpha value is -2.04. The smallest absolute Gasteiger partial charge is 0.251 e. The summed E-state index contributed by atoms with van der Waals surface area (Å²) in [7, 11) is 1.77. The Balaban J connectivity index is 1.66. The number of ether oxygens (including phenoxy) is 1. The largest absolute Gasteiger partial charge is 0.493 e. The minimum Gasteiger partial charge on any atom is -0.493 e. The van der Waals surface area contributed by atoms with Gasteiger partial charge in [0.15, 0.2) is 0 Å². The third-order valence-corrected chi connectivity index (χ3v) is 3.91. The third-order valence-electron chi connectivity index (χ3n) is 3.91. The van der Waals surface area contributed by atoms with Gasteiger partial charge in [-0.2, -0.15) is 0 Å². The highest BCUT2D eigenvalue weighted by atomic mass is 16.5. The molecule has 1 aromatic rings. The number of nitrogens with one attached hydrogen (secondary N) is 1. The number of fused-ring (bicyclic) bond motifs is 1. The lowest BCUT2D eigenvalue weighted by Gasteiger charge is -2.30. The van der Waals surface area contributed by atoms with Crippen LogP contribution in [0.2, 0.25) is 0 Å². The summed E-state index contributed by atoms with van der Waals surface area (Å²) in [6.07, 6.45) is 2.07. The van der Waals surface area contributed by atoms with Gasteiger partial charge in [-0.25, -0.2) is 0 Å². The van der Waals surface area contributed by atoms with Gasteiger partial charge in [0, 0.05) is 38.0 Å². The number of carbonyl (C=O) groups is 2. The SMILES string of the molecule is CN1C[C@H](NC(=O)c2ccc3c(c2)CCO3)CCC1=O. The van der Waals surface area contributed by atoms with Gasteiger partial charge in [-0.1, -0.05) is 0 Å². The molecule has 0 aliphatic carbocycles. The summed E-state index contributed by atoms with van der Waals surface area (Å²) < 4.78 is 5.43. The lowest BCUT2D eigenvalue weighted by atomic mass is 10.0. The monoisotopic (exact) mass is 274 g/mol. The first-order chi connectivity index (χ1) is 9.63. The number of carbonyl (C=O) groups excluding carboxylic acids is 2. The predicted octanol–water partition coefficient (Wildman–Crippen LogP) is 0.972. The van der Waals surface area contributed by atoms with Gasteiger partial charge in [-0.3, -0.25) is 9.59 Å². The number of likely N-dealkylation sites (N-methyl/N-ethyl adjacent to an activating group) is 1. The minimum atomic E-state index is -0.0764. The van der Waals surface area contributed by atoms with Crippen LogP contribution in [0.5, 0.6) is 5.75 Å². The van der Waals surface area contributed by atoms with Crippen molar-refractivity contribution in [2.75, 3.05) is 20.2 Å². The molecule has 106 valence electrons. The van der Waals surface area contributed by atoms with E-state index in [1.807, 2.05) is 12.1 Å². The topological polar surface area (TPSA) is 58.6 Å². The number of hydrogen-bond donors (Lipinski definition) is 1. The van der Waals surface area contributed by atoms with Crippen LogP contribution in [0.3, 0.4) is 0 Å². The van der Waals surface area contributed by atoms with Crippen molar-refractivity contribution in [1.29, 1.82) is 0 Å². The number of hydrogen-bond acceptors (Lipinski definition) is 3. The van der Waals surface area contributed by atoms with Crippen LogP contribution in [0, 0.1) is 0 Å². The summed E-state index contributed by atoms with van der Waals surface area (Å²) in [5, 5.41) is 3.00. The molecule has 1 aromatic carbocycles. The molecule has 20 heavy (non-hydrogen) atoms. The quantitative estimate of drug-likeness (QED) is 0.874. The molecule has 1 atom stereocenters. The van der Waals surface area contributed by atoms with Crippen molar-refractivity contribution in [3.05, 3.63) is 29.3 Å². The molecule has 1 N–H and O–H groups in total. The maximum Gasteiger partial charge on any atom is 0.251 e. The van der Waals surface area contributed by atoms with E-state index in [0.717, 1.165) is 17.7 Å². The van der Waals surface area contributed by atoms with Crippen LogP contribution in [0.4, 0.5) is 0 Å². The van der Waals surface area contributed by atoms with Gasteiger partial charge in [0.1, 0.15) is 5.75 Å². The Kier molecular flexibility index (Phi) is 3.34. The van der Waals surface area contributed by atoms with E-state index in [1.165, 1.54) is 0 Å². The summed E-state index contributed by atoms with van der Waals surface area (Å²) >= 11 is 0. The molecule has 2 heterocycles. The highest BCUT2D eigenvalue weighted by molar-refractivity contribution is 5.95. The van der Waals surface area contributed by atoms with Gasteiger partial charge < -0.3 is 15.0 Å². The van der Waals surface area contributed by atoms with Crippen molar-refractivity contribution in [1.82, 2.24) is 10.2 Å². The standard InChI is InChI=1S/C15H18N2O3/c1-17-9-12(3-5-14(17)18)16-15(19)11-2-4-13-10(8-11)6-7-20-13/h2,4,8,12H,3,5-7,9H2,1H3,(H,16,19)/t12-/m1/s1. The van der Waals surface area contributed by atoms with Crippen LogP contribution < -0.4 is 10.1 Å². The van der Waals surface area contributed by atoms with Crippen molar-refractivity contribution in [2.45, 2.75) is 25.3 Å². The maximum atomic E-state index is 12.2. The lowest BCUT2D eigenvalue weighted by molar-refractivity contribution is -0.132. The fraction of sp³-hybridized carbons (Fsp3) is 0.467. The van der Waals surface area contributed by atoms with E-state index in [1.54, 1.807) is 18.0 Å². The Morgan fingerprint density at radius 2 is 2.25 bits per heavy atom. The first-order valence-electron chi connectivity index (χ1n) is 6.94. The number of piperidine rings is 1. The average molecular weight is 274 g/mol. The Bertz CT molecular complexity index is 556. The molecule has 3 rings (SSSR count). The molecule has 0 radical (unpaired) electrons. The van der Waals surface area contributed by atoms with E-state index >= 15 is 0 Å². The van der Waals surface area contributed by atoms with Crippen molar-refractivity contribution < 1.29 is 14.3 Å². The fourth-order valence-electron chi connectivity index (χ4n) is 2.73. The second-order valence-corrected chi connectivity index (χ2v) is 5.40. The lowest BCUT2D eigenvalue weighted by Crippen LogP contribution is -2.48. The molecule has 0 unspecified atom stereocenters. The van der Waals surface area contributed by atoms with E-state index in [0.29, 0.717) is 31.6 Å². The number of rotatable bonds is 2. The normalized spacial score (nSPS) is 21.4. The highest BCUT2D eigenvalue weighted by Crippen LogP contribution is 2.25. The van der Waals surface area contributed by atoms with Crippen LogP contribution >= 0.6 is 0 Å². The van der Waals surface area contributed by atoms with Gasteiger partial charge in [0.05, 0.1) is 6.61 Å². The Labute approximate surface area is 117 Å². The second-order valence-electron chi connectivity index (χ2n) is 5.40. The molecule has 1 fully saturated rings. The van der Waals surface area contributed by atoms with Crippen LogP contribution in [0.1, 0.15) is 28.8 Å². The molecule has 0 saturated carbocycles. The molecular weight excluding hydrogens is 256 g/mol. The molecular formula is C15H18N2O3. The molecule has 0 spiro atoms.